The predicted octanol–water partition coefficient (Wildman–Crippen LogP) is 1.32. The van der Waals surface area contributed by atoms with Crippen molar-refractivity contribution in [1.29, 1.82) is 0 Å². The maximum absolute atomic E-state index is 12.5. The second kappa shape index (κ2) is 2.89. The second-order valence-corrected chi connectivity index (χ2v) is 4.36. The fourth-order valence-electron chi connectivity index (χ4n) is 2.39. The number of halogens is 2. The lowest BCUT2D eigenvalue weighted by Crippen LogP contribution is -2.71. The molecule has 14 heavy (non-hydrogen) atoms. The van der Waals surface area contributed by atoms with E-state index in [1.165, 1.54) is 0 Å². The molecular formula is C9H12F2O3. The Bertz CT molecular complexity index is 247. The van der Waals surface area contributed by atoms with E-state index in [2.05, 4.69) is 0 Å². The molecule has 0 amide bonds. The lowest BCUT2D eigenvalue weighted by molar-refractivity contribution is -0.285. The molecule has 1 atom stereocenters. The quantitative estimate of drug-likeness (QED) is 0.737. The van der Waals surface area contributed by atoms with Gasteiger partial charge in [0.05, 0.1) is 17.6 Å². The third kappa shape index (κ3) is 1.22. The number of carboxylic acid groups (broad SMARTS) is 1. The first-order valence-corrected chi connectivity index (χ1v) is 4.59. The molecule has 1 unspecified atom stereocenters. The molecule has 0 aromatic carbocycles. The van der Waals surface area contributed by atoms with Gasteiger partial charge in [0.2, 0.25) is 0 Å². The first-order chi connectivity index (χ1) is 6.52. The molecule has 2 bridgehead atoms. The van der Waals surface area contributed by atoms with Gasteiger partial charge in [0.15, 0.2) is 6.17 Å². The molecule has 80 valence electrons. The molecule has 0 heterocycles. The SMILES string of the molecule is O=C(O)C12CC(OCC(F)CF)(C1)C2. The Hall–Kier alpha value is -0.710. The van der Waals surface area contributed by atoms with E-state index in [1.807, 2.05) is 0 Å². The molecule has 0 aromatic heterocycles. The molecule has 0 spiro atoms. The summed E-state index contributed by atoms with van der Waals surface area (Å²) < 4.78 is 29.4. The third-order valence-electron chi connectivity index (χ3n) is 3.17. The van der Waals surface area contributed by atoms with Gasteiger partial charge in [-0.15, -0.1) is 0 Å². The highest BCUT2D eigenvalue weighted by atomic mass is 19.2. The van der Waals surface area contributed by atoms with Gasteiger partial charge in [0.1, 0.15) is 6.67 Å². The summed E-state index contributed by atoms with van der Waals surface area (Å²) in [5.74, 6) is -0.801. The number of carboxylic acids is 1. The zero-order valence-electron chi connectivity index (χ0n) is 7.63. The highest BCUT2D eigenvalue weighted by molar-refractivity contribution is 5.79. The van der Waals surface area contributed by atoms with Crippen molar-refractivity contribution < 1.29 is 23.4 Å². The van der Waals surface area contributed by atoms with Crippen molar-refractivity contribution in [3.8, 4) is 0 Å². The molecule has 3 aliphatic rings. The van der Waals surface area contributed by atoms with Crippen LogP contribution in [0.3, 0.4) is 0 Å². The largest absolute Gasteiger partial charge is 0.481 e. The van der Waals surface area contributed by atoms with Crippen LogP contribution in [-0.4, -0.2) is 36.1 Å². The molecule has 0 aliphatic heterocycles. The average molecular weight is 206 g/mol. The highest BCUT2D eigenvalue weighted by Crippen LogP contribution is 2.69. The summed E-state index contributed by atoms with van der Waals surface area (Å²) in [5.41, 5.74) is -1.06. The molecule has 3 fully saturated rings. The Kier molecular flexibility index (Phi) is 2.03. The van der Waals surface area contributed by atoms with Crippen molar-refractivity contribution in [2.45, 2.75) is 31.0 Å². The van der Waals surface area contributed by atoms with Crippen LogP contribution in [0.4, 0.5) is 8.78 Å². The number of hydrogen-bond donors (Lipinski definition) is 1. The fraction of sp³-hybridized carbons (Fsp3) is 0.889. The van der Waals surface area contributed by atoms with Gasteiger partial charge in [-0.05, 0) is 19.3 Å². The van der Waals surface area contributed by atoms with Crippen LogP contribution in [0.2, 0.25) is 0 Å². The summed E-state index contributed by atoms with van der Waals surface area (Å²) in [6.07, 6.45) is -0.221. The van der Waals surface area contributed by atoms with Crippen molar-refractivity contribution in [3.63, 3.8) is 0 Å². The first-order valence-electron chi connectivity index (χ1n) is 4.59. The molecule has 3 aliphatic carbocycles. The molecule has 0 saturated heterocycles. The van der Waals surface area contributed by atoms with E-state index in [0.717, 1.165) is 0 Å². The number of carbonyl (C=O) groups is 1. The van der Waals surface area contributed by atoms with Gasteiger partial charge in [-0.2, -0.15) is 0 Å². The third-order valence-corrected chi connectivity index (χ3v) is 3.17. The van der Waals surface area contributed by atoms with E-state index in [4.69, 9.17) is 9.84 Å². The molecule has 3 rings (SSSR count). The van der Waals surface area contributed by atoms with E-state index in [1.54, 1.807) is 0 Å². The molecule has 3 nitrogen and oxygen atoms in total. The van der Waals surface area contributed by atoms with Crippen LogP contribution in [0, 0.1) is 5.41 Å². The minimum atomic E-state index is -1.58. The van der Waals surface area contributed by atoms with E-state index in [0.29, 0.717) is 19.3 Å². The Balaban J connectivity index is 1.75. The van der Waals surface area contributed by atoms with Crippen LogP contribution >= 0.6 is 0 Å². The maximum atomic E-state index is 12.5. The van der Waals surface area contributed by atoms with Crippen LogP contribution in [-0.2, 0) is 9.53 Å². The minimum absolute atomic E-state index is 0.258. The number of rotatable bonds is 5. The van der Waals surface area contributed by atoms with Gasteiger partial charge >= 0.3 is 5.97 Å². The smallest absolute Gasteiger partial charge is 0.309 e. The van der Waals surface area contributed by atoms with Crippen molar-refractivity contribution in [1.82, 2.24) is 0 Å². The van der Waals surface area contributed by atoms with Gasteiger partial charge in [-0.3, -0.25) is 4.79 Å². The normalized spacial score (nSPS) is 41.0. The van der Waals surface area contributed by atoms with Crippen molar-refractivity contribution in [3.05, 3.63) is 0 Å². The van der Waals surface area contributed by atoms with Gasteiger partial charge < -0.3 is 9.84 Å². The van der Waals surface area contributed by atoms with E-state index in [-0.39, 0.29) is 6.61 Å². The van der Waals surface area contributed by atoms with Crippen molar-refractivity contribution >= 4 is 5.97 Å². The monoisotopic (exact) mass is 206 g/mol. The van der Waals surface area contributed by atoms with Gasteiger partial charge in [-0.1, -0.05) is 0 Å². The molecule has 1 N–H and O–H groups in total. The van der Waals surface area contributed by atoms with Crippen LogP contribution in [0.5, 0.6) is 0 Å². The number of aliphatic carboxylic acids is 1. The summed E-state index contributed by atoms with van der Waals surface area (Å²) in [5, 5.41) is 8.78. The fourth-order valence-corrected chi connectivity index (χ4v) is 2.39. The predicted molar refractivity (Wildman–Crippen MR) is 43.5 cm³/mol. The zero-order valence-corrected chi connectivity index (χ0v) is 7.63. The lowest BCUT2D eigenvalue weighted by Gasteiger charge is -2.67. The number of ether oxygens (including phenoxy) is 1. The van der Waals surface area contributed by atoms with Crippen LogP contribution in [0.15, 0.2) is 0 Å². The lowest BCUT2D eigenvalue weighted by atomic mass is 9.41. The summed E-state index contributed by atoms with van der Waals surface area (Å²) in [7, 11) is 0. The maximum Gasteiger partial charge on any atom is 0.309 e. The van der Waals surface area contributed by atoms with E-state index < -0.39 is 29.8 Å². The summed E-state index contributed by atoms with van der Waals surface area (Å²) in [4.78, 5) is 10.7. The number of alkyl halides is 2. The summed E-state index contributed by atoms with van der Waals surface area (Å²) in [6.45, 7) is -1.30. The Morgan fingerprint density at radius 2 is 2.07 bits per heavy atom. The molecule has 3 saturated carbocycles. The van der Waals surface area contributed by atoms with E-state index >= 15 is 0 Å². The molecule has 0 radical (unpaired) electrons. The standard InChI is InChI=1S/C9H12F2O3/c10-1-6(11)2-14-9-3-8(4-9,5-9)7(12)13/h6H,1-5H2,(H,12,13). The molecule has 0 aromatic rings. The van der Waals surface area contributed by atoms with Crippen LogP contribution < -0.4 is 0 Å². The molecular weight excluding hydrogens is 194 g/mol. The summed E-state index contributed by atoms with van der Waals surface area (Å²) >= 11 is 0. The van der Waals surface area contributed by atoms with Gasteiger partial charge in [0.25, 0.3) is 0 Å². The van der Waals surface area contributed by atoms with E-state index in [9.17, 15) is 13.6 Å². The Labute approximate surface area is 80.0 Å². The second-order valence-electron chi connectivity index (χ2n) is 4.36. The Morgan fingerprint density at radius 3 is 2.50 bits per heavy atom. The summed E-state index contributed by atoms with van der Waals surface area (Å²) in [6, 6.07) is 0. The highest BCUT2D eigenvalue weighted by Gasteiger charge is 2.73. The average Bonchev–Trinajstić information content (AvgIpc) is 1.98. The van der Waals surface area contributed by atoms with Gasteiger partial charge in [-0.25, -0.2) is 8.78 Å². The van der Waals surface area contributed by atoms with Crippen LogP contribution in [0.1, 0.15) is 19.3 Å². The van der Waals surface area contributed by atoms with Gasteiger partial charge in [0, 0.05) is 0 Å². The van der Waals surface area contributed by atoms with Crippen LogP contribution in [0.25, 0.3) is 0 Å². The van der Waals surface area contributed by atoms with Crippen molar-refractivity contribution in [2.24, 2.45) is 5.41 Å². The first kappa shape index (κ1) is 9.83. The van der Waals surface area contributed by atoms with Crippen molar-refractivity contribution in [2.75, 3.05) is 13.3 Å². The Morgan fingerprint density at radius 1 is 1.50 bits per heavy atom. The number of hydrogen-bond acceptors (Lipinski definition) is 2. The zero-order chi connectivity index (χ0) is 10.4. The molecule has 5 heteroatoms. The minimum Gasteiger partial charge on any atom is -0.481 e. The topological polar surface area (TPSA) is 46.5 Å².